The molecule has 0 amide bonds. The minimum absolute atomic E-state index is 0. The highest BCUT2D eigenvalue weighted by Gasteiger charge is 2.30. The average molecular weight is 440 g/mol. The van der Waals surface area contributed by atoms with Gasteiger partial charge in [-0.3, -0.25) is 4.99 Å². The van der Waals surface area contributed by atoms with Crippen molar-refractivity contribution in [3.8, 4) is 0 Å². The maximum absolute atomic E-state index is 4.45. The molecule has 5 heteroatoms. The standard InChI is InChI=1S/C19H28N4.HI/c1-19(2)10-13-23(15-19)18(20-3)21-14-16-6-8-17(9-7-16)22-11-4-5-12-22;/h4-9H,10-15H2,1-3H3,(H,20,21);1H. The van der Waals surface area contributed by atoms with Crippen molar-refractivity contribution in [2.45, 2.75) is 26.8 Å². The monoisotopic (exact) mass is 440 g/mol. The van der Waals surface area contributed by atoms with Crippen LogP contribution in [0.4, 0.5) is 5.69 Å². The number of guanidine groups is 1. The number of nitrogens with zero attached hydrogens (tertiary/aromatic N) is 3. The molecular formula is C19H29IN4. The van der Waals surface area contributed by atoms with Crippen LogP contribution in [0, 0.1) is 5.41 Å². The lowest BCUT2D eigenvalue weighted by atomic mass is 9.93. The summed E-state index contributed by atoms with van der Waals surface area (Å²) in [6.07, 6.45) is 5.67. The molecule has 24 heavy (non-hydrogen) atoms. The van der Waals surface area contributed by atoms with Crippen LogP contribution in [0.1, 0.15) is 25.8 Å². The highest BCUT2D eigenvalue weighted by molar-refractivity contribution is 14.0. The predicted octanol–water partition coefficient (Wildman–Crippen LogP) is 3.49. The molecule has 1 saturated heterocycles. The minimum atomic E-state index is 0. The first-order valence-electron chi connectivity index (χ1n) is 8.52. The Kier molecular flexibility index (Phi) is 6.54. The van der Waals surface area contributed by atoms with Crippen LogP contribution in [0.15, 0.2) is 41.4 Å². The minimum Gasteiger partial charge on any atom is -0.364 e. The summed E-state index contributed by atoms with van der Waals surface area (Å²) in [5.41, 5.74) is 2.98. The third-order valence-corrected chi connectivity index (χ3v) is 4.76. The Labute approximate surface area is 163 Å². The molecule has 0 atom stereocenters. The number of hydrogen-bond acceptors (Lipinski definition) is 2. The molecule has 1 aromatic rings. The average Bonchev–Trinajstić information content (AvgIpc) is 3.18. The second-order valence-electron chi connectivity index (χ2n) is 7.28. The Morgan fingerprint density at radius 1 is 1.17 bits per heavy atom. The number of anilines is 1. The third-order valence-electron chi connectivity index (χ3n) is 4.76. The molecule has 0 bridgehead atoms. The fraction of sp³-hybridized carbons (Fsp3) is 0.526. The fourth-order valence-electron chi connectivity index (χ4n) is 3.32. The van der Waals surface area contributed by atoms with Crippen LogP contribution in [0.25, 0.3) is 0 Å². The number of nitrogens with one attached hydrogen (secondary N) is 1. The SMILES string of the molecule is CN=C(NCc1ccc(N2CC=CC2)cc1)N1CCC(C)(C)C1.I. The summed E-state index contributed by atoms with van der Waals surface area (Å²) in [5, 5.41) is 3.50. The van der Waals surface area contributed by atoms with E-state index in [0.717, 1.165) is 38.7 Å². The smallest absolute Gasteiger partial charge is 0.193 e. The molecule has 2 heterocycles. The second kappa shape index (κ2) is 8.23. The van der Waals surface area contributed by atoms with Crippen molar-refractivity contribution in [2.24, 2.45) is 10.4 Å². The zero-order valence-corrected chi connectivity index (χ0v) is 17.3. The zero-order chi connectivity index (χ0) is 16.3. The Morgan fingerprint density at radius 3 is 2.38 bits per heavy atom. The van der Waals surface area contributed by atoms with E-state index >= 15 is 0 Å². The van der Waals surface area contributed by atoms with E-state index in [1.807, 2.05) is 7.05 Å². The fourth-order valence-corrected chi connectivity index (χ4v) is 3.32. The van der Waals surface area contributed by atoms with Gasteiger partial charge in [0, 0.05) is 45.5 Å². The second-order valence-corrected chi connectivity index (χ2v) is 7.28. The highest BCUT2D eigenvalue weighted by atomic mass is 127. The summed E-state index contributed by atoms with van der Waals surface area (Å²) in [6, 6.07) is 8.85. The Hall–Kier alpha value is -1.24. The topological polar surface area (TPSA) is 30.9 Å². The van der Waals surface area contributed by atoms with Gasteiger partial charge in [0.1, 0.15) is 0 Å². The maximum atomic E-state index is 4.45. The molecule has 0 spiro atoms. The number of rotatable bonds is 3. The van der Waals surface area contributed by atoms with E-state index in [9.17, 15) is 0 Å². The first-order valence-corrected chi connectivity index (χ1v) is 8.52. The molecule has 0 aliphatic carbocycles. The molecule has 0 saturated carbocycles. The van der Waals surface area contributed by atoms with Crippen molar-refractivity contribution >= 4 is 35.6 Å². The van der Waals surface area contributed by atoms with Crippen molar-refractivity contribution in [3.05, 3.63) is 42.0 Å². The zero-order valence-electron chi connectivity index (χ0n) is 15.0. The normalized spacial score (nSPS) is 19.5. The number of likely N-dealkylation sites (tertiary alicyclic amines) is 1. The van der Waals surface area contributed by atoms with E-state index in [4.69, 9.17) is 0 Å². The Balaban J connectivity index is 0.00000208. The van der Waals surface area contributed by atoms with Gasteiger partial charge in [-0.2, -0.15) is 0 Å². The summed E-state index contributed by atoms with van der Waals surface area (Å²) in [4.78, 5) is 9.18. The molecule has 132 valence electrons. The van der Waals surface area contributed by atoms with E-state index in [1.165, 1.54) is 17.7 Å². The lowest BCUT2D eigenvalue weighted by Gasteiger charge is -2.24. The highest BCUT2D eigenvalue weighted by Crippen LogP contribution is 2.28. The molecular weight excluding hydrogens is 411 g/mol. The molecule has 1 fully saturated rings. The molecule has 4 nitrogen and oxygen atoms in total. The molecule has 1 N–H and O–H groups in total. The van der Waals surface area contributed by atoms with Crippen LogP contribution in [-0.4, -0.2) is 44.1 Å². The molecule has 0 unspecified atom stereocenters. The number of halogens is 1. The van der Waals surface area contributed by atoms with Crippen molar-refractivity contribution < 1.29 is 0 Å². The van der Waals surface area contributed by atoms with E-state index in [1.54, 1.807) is 0 Å². The molecule has 2 aliphatic rings. The molecule has 3 rings (SSSR count). The number of benzene rings is 1. The molecule has 2 aliphatic heterocycles. The quantitative estimate of drug-likeness (QED) is 0.338. The largest absolute Gasteiger partial charge is 0.364 e. The summed E-state index contributed by atoms with van der Waals surface area (Å²) in [5.74, 6) is 1.02. The van der Waals surface area contributed by atoms with Crippen molar-refractivity contribution in [2.75, 3.05) is 38.1 Å². The first kappa shape index (κ1) is 19.1. The van der Waals surface area contributed by atoms with Crippen molar-refractivity contribution in [1.82, 2.24) is 10.2 Å². The van der Waals surface area contributed by atoms with Gasteiger partial charge in [-0.05, 0) is 29.5 Å². The van der Waals surface area contributed by atoms with Crippen LogP contribution in [0.2, 0.25) is 0 Å². The van der Waals surface area contributed by atoms with Gasteiger partial charge in [-0.25, -0.2) is 0 Å². The summed E-state index contributed by atoms with van der Waals surface area (Å²) in [6.45, 7) is 9.69. The summed E-state index contributed by atoms with van der Waals surface area (Å²) >= 11 is 0. The third kappa shape index (κ3) is 4.65. The lowest BCUT2D eigenvalue weighted by molar-refractivity contribution is 0.370. The molecule has 1 aromatic carbocycles. The van der Waals surface area contributed by atoms with E-state index < -0.39 is 0 Å². The van der Waals surface area contributed by atoms with Gasteiger partial charge in [0.05, 0.1) is 0 Å². The van der Waals surface area contributed by atoms with Gasteiger partial charge < -0.3 is 15.1 Å². The van der Waals surface area contributed by atoms with Gasteiger partial charge >= 0.3 is 0 Å². The van der Waals surface area contributed by atoms with E-state index in [0.29, 0.717) is 5.41 Å². The van der Waals surface area contributed by atoms with Crippen molar-refractivity contribution in [3.63, 3.8) is 0 Å². The number of aliphatic imine (C=N–C) groups is 1. The predicted molar refractivity (Wildman–Crippen MR) is 113 cm³/mol. The Bertz CT molecular complexity index is 584. The van der Waals surface area contributed by atoms with E-state index in [-0.39, 0.29) is 24.0 Å². The van der Waals surface area contributed by atoms with Crippen LogP contribution in [0.3, 0.4) is 0 Å². The van der Waals surface area contributed by atoms with Crippen LogP contribution >= 0.6 is 24.0 Å². The maximum Gasteiger partial charge on any atom is 0.193 e. The summed E-state index contributed by atoms with van der Waals surface area (Å²) in [7, 11) is 1.87. The lowest BCUT2D eigenvalue weighted by Crippen LogP contribution is -2.40. The molecule has 0 aromatic heterocycles. The molecule has 0 radical (unpaired) electrons. The van der Waals surface area contributed by atoms with E-state index in [2.05, 4.69) is 70.4 Å². The van der Waals surface area contributed by atoms with Gasteiger partial charge in [0.2, 0.25) is 0 Å². The van der Waals surface area contributed by atoms with Crippen LogP contribution in [-0.2, 0) is 6.54 Å². The van der Waals surface area contributed by atoms with Gasteiger partial charge in [-0.15, -0.1) is 24.0 Å². The van der Waals surface area contributed by atoms with Gasteiger partial charge in [-0.1, -0.05) is 38.1 Å². The van der Waals surface area contributed by atoms with Crippen LogP contribution < -0.4 is 10.2 Å². The summed E-state index contributed by atoms with van der Waals surface area (Å²) < 4.78 is 0. The van der Waals surface area contributed by atoms with Gasteiger partial charge in [0.25, 0.3) is 0 Å². The first-order chi connectivity index (χ1) is 11.1. The Morgan fingerprint density at radius 2 is 1.83 bits per heavy atom. The van der Waals surface area contributed by atoms with Crippen LogP contribution in [0.5, 0.6) is 0 Å². The number of hydrogen-bond donors (Lipinski definition) is 1. The van der Waals surface area contributed by atoms with Crippen molar-refractivity contribution in [1.29, 1.82) is 0 Å². The van der Waals surface area contributed by atoms with Gasteiger partial charge in [0.15, 0.2) is 5.96 Å².